The lowest BCUT2D eigenvalue weighted by Crippen LogP contribution is -2.38. The number of hydrogen-bond acceptors (Lipinski definition) is 10. The van der Waals surface area contributed by atoms with E-state index in [9.17, 15) is 10.5 Å². The number of thiophene rings is 1. The first kappa shape index (κ1) is 35.3. The van der Waals surface area contributed by atoms with E-state index in [1.807, 2.05) is 32.9 Å². The van der Waals surface area contributed by atoms with Crippen LogP contribution in [0.1, 0.15) is 42.3 Å². The van der Waals surface area contributed by atoms with Crippen LogP contribution in [0.3, 0.4) is 0 Å². The number of quaternary nitrogens is 1. The molecule has 2 aromatic rings. The van der Waals surface area contributed by atoms with Gasteiger partial charge in [0.25, 0.3) is 0 Å². The van der Waals surface area contributed by atoms with Crippen molar-refractivity contribution in [1.82, 2.24) is 0 Å². The van der Waals surface area contributed by atoms with Crippen LogP contribution < -0.4 is 4.90 Å². The number of likely N-dealkylation sites (N-methyl/N-ethyl adjacent to an activating group) is 2. The van der Waals surface area contributed by atoms with Gasteiger partial charge in [-0.1, -0.05) is 0 Å². The third-order valence-corrected chi connectivity index (χ3v) is 7.50. The van der Waals surface area contributed by atoms with Crippen LogP contribution in [0.15, 0.2) is 28.4 Å². The van der Waals surface area contributed by atoms with Crippen molar-refractivity contribution in [3.63, 3.8) is 0 Å². The van der Waals surface area contributed by atoms with E-state index in [-0.39, 0.29) is 12.2 Å². The molecule has 1 atom stereocenters. The standard InChI is InChI=1S/C31H47N6O4S/c1-9-36(21-27(22-41-23(2)3)40-17-16-39-15-14-38-13-12-37(6,7)8)26-10-11-29(24(4)18-26)34-35-31-28(19-32)25(5)30(20-33)42-31/h10-11,18,23,27H,9,12-17,21-22H2,1-8H3/q+1/b35-34+. The highest BCUT2D eigenvalue weighted by Gasteiger charge is 2.18. The van der Waals surface area contributed by atoms with Crippen LogP contribution in [0.2, 0.25) is 0 Å². The zero-order chi connectivity index (χ0) is 31.1. The second-order valence-corrected chi connectivity index (χ2v) is 12.3. The Bertz CT molecular complexity index is 1230. The van der Waals surface area contributed by atoms with Crippen molar-refractivity contribution in [3.05, 3.63) is 39.8 Å². The molecule has 0 fully saturated rings. The highest BCUT2D eigenvalue weighted by molar-refractivity contribution is 7.16. The average molecular weight is 600 g/mol. The molecular weight excluding hydrogens is 552 g/mol. The molecule has 0 aliphatic carbocycles. The van der Waals surface area contributed by atoms with E-state index in [1.54, 1.807) is 6.92 Å². The molecule has 1 aromatic heterocycles. The van der Waals surface area contributed by atoms with E-state index >= 15 is 0 Å². The third kappa shape index (κ3) is 12.1. The van der Waals surface area contributed by atoms with Crippen molar-refractivity contribution < 1.29 is 23.4 Å². The van der Waals surface area contributed by atoms with E-state index < -0.39 is 0 Å². The van der Waals surface area contributed by atoms with E-state index in [1.165, 1.54) is 11.3 Å². The molecule has 0 saturated carbocycles. The van der Waals surface area contributed by atoms with Gasteiger partial charge in [-0.25, -0.2) is 0 Å². The highest BCUT2D eigenvalue weighted by Crippen LogP contribution is 2.36. The lowest BCUT2D eigenvalue weighted by molar-refractivity contribution is -0.870. The van der Waals surface area contributed by atoms with Crippen LogP contribution in [-0.4, -0.2) is 97.1 Å². The van der Waals surface area contributed by atoms with Gasteiger partial charge in [-0.2, -0.15) is 10.5 Å². The zero-order valence-corrected chi connectivity index (χ0v) is 27.3. The molecule has 0 aliphatic heterocycles. The Balaban J connectivity index is 1.97. The Morgan fingerprint density at radius 1 is 0.952 bits per heavy atom. The molecule has 42 heavy (non-hydrogen) atoms. The van der Waals surface area contributed by atoms with Crippen LogP contribution >= 0.6 is 11.3 Å². The molecule has 0 amide bonds. The van der Waals surface area contributed by atoms with Crippen molar-refractivity contribution in [2.45, 2.75) is 46.8 Å². The predicted molar refractivity (Wildman–Crippen MR) is 167 cm³/mol. The molecule has 0 spiro atoms. The Morgan fingerprint density at radius 3 is 2.24 bits per heavy atom. The first-order valence-electron chi connectivity index (χ1n) is 14.4. The minimum absolute atomic E-state index is 0.108. The number of aryl methyl sites for hydroxylation is 1. The number of benzene rings is 1. The molecule has 2 rings (SSSR count). The minimum Gasteiger partial charge on any atom is -0.377 e. The highest BCUT2D eigenvalue weighted by atomic mass is 32.1. The van der Waals surface area contributed by atoms with E-state index in [0.717, 1.165) is 28.8 Å². The largest absolute Gasteiger partial charge is 0.377 e. The number of azo groups is 1. The molecule has 1 aromatic carbocycles. The maximum absolute atomic E-state index is 9.48. The summed E-state index contributed by atoms with van der Waals surface area (Å²) in [6, 6.07) is 10.3. The molecule has 0 aliphatic rings. The van der Waals surface area contributed by atoms with E-state index in [0.29, 0.717) is 72.9 Å². The second kappa shape index (κ2) is 17.9. The zero-order valence-electron chi connectivity index (χ0n) is 26.5. The Morgan fingerprint density at radius 2 is 1.64 bits per heavy atom. The number of hydrogen-bond donors (Lipinski definition) is 0. The molecule has 10 nitrogen and oxygen atoms in total. The summed E-state index contributed by atoms with van der Waals surface area (Å²) in [7, 11) is 6.44. The summed E-state index contributed by atoms with van der Waals surface area (Å²) in [5.74, 6) is 0. The van der Waals surface area contributed by atoms with E-state index in [2.05, 4.69) is 61.4 Å². The SMILES string of the molecule is CCN(CC(COC(C)C)OCCOCCOCC[N+](C)(C)C)c1ccc(/N=N/c2sc(C#N)c(C)c2C#N)c(C)c1. The maximum atomic E-state index is 9.48. The fourth-order valence-corrected chi connectivity index (χ4v) is 4.78. The van der Waals surface area contributed by atoms with Crippen LogP contribution in [-0.2, 0) is 18.9 Å². The summed E-state index contributed by atoms with van der Waals surface area (Å²) in [6.07, 6.45) is -0.0201. The average Bonchev–Trinajstić information content (AvgIpc) is 3.25. The van der Waals surface area contributed by atoms with Crippen LogP contribution in [0.4, 0.5) is 16.4 Å². The monoisotopic (exact) mass is 599 g/mol. The Labute approximate surface area is 255 Å². The maximum Gasteiger partial charge on any atom is 0.158 e. The van der Waals surface area contributed by atoms with Gasteiger partial charge >= 0.3 is 0 Å². The lowest BCUT2D eigenvalue weighted by Gasteiger charge is -2.29. The van der Waals surface area contributed by atoms with Gasteiger partial charge in [0.1, 0.15) is 23.6 Å². The number of ether oxygens (including phenoxy) is 4. The quantitative estimate of drug-likeness (QED) is 0.112. The van der Waals surface area contributed by atoms with Gasteiger partial charge in [-0.15, -0.1) is 21.6 Å². The van der Waals surface area contributed by atoms with Crippen molar-refractivity contribution in [1.29, 1.82) is 10.5 Å². The second-order valence-electron chi connectivity index (χ2n) is 11.3. The summed E-state index contributed by atoms with van der Waals surface area (Å²) in [5, 5.41) is 27.9. The van der Waals surface area contributed by atoms with Gasteiger partial charge in [0.2, 0.25) is 0 Å². The molecule has 11 heteroatoms. The number of nitrogens with zero attached hydrogens (tertiary/aromatic N) is 6. The van der Waals surface area contributed by atoms with Crippen LogP contribution in [0.5, 0.6) is 0 Å². The summed E-state index contributed by atoms with van der Waals surface area (Å²) in [6.45, 7) is 15.6. The van der Waals surface area contributed by atoms with Gasteiger partial charge in [0, 0.05) is 18.8 Å². The Hall–Kier alpha value is -2.90. The summed E-state index contributed by atoms with van der Waals surface area (Å²) in [5.41, 5.74) is 3.75. The molecule has 1 unspecified atom stereocenters. The third-order valence-electron chi connectivity index (χ3n) is 6.42. The van der Waals surface area contributed by atoms with Crippen molar-refractivity contribution in [2.75, 3.05) is 85.3 Å². The smallest absolute Gasteiger partial charge is 0.158 e. The lowest BCUT2D eigenvalue weighted by atomic mass is 10.1. The summed E-state index contributed by atoms with van der Waals surface area (Å²) >= 11 is 1.18. The molecule has 0 bridgehead atoms. The van der Waals surface area contributed by atoms with Crippen molar-refractivity contribution in [3.8, 4) is 12.1 Å². The first-order chi connectivity index (χ1) is 20.0. The van der Waals surface area contributed by atoms with Gasteiger partial charge < -0.3 is 28.3 Å². The number of anilines is 1. The summed E-state index contributed by atoms with van der Waals surface area (Å²) in [4.78, 5) is 2.73. The van der Waals surface area contributed by atoms with Crippen molar-refractivity contribution in [2.24, 2.45) is 10.2 Å². The van der Waals surface area contributed by atoms with Crippen molar-refractivity contribution >= 4 is 27.7 Å². The fourth-order valence-electron chi connectivity index (χ4n) is 3.91. The van der Waals surface area contributed by atoms with Gasteiger partial charge in [-0.05, 0) is 63.9 Å². The van der Waals surface area contributed by atoms with Gasteiger partial charge in [0.15, 0.2) is 5.00 Å². The molecule has 0 radical (unpaired) electrons. The normalized spacial score (nSPS) is 12.5. The van der Waals surface area contributed by atoms with E-state index in [4.69, 9.17) is 18.9 Å². The molecular formula is C31H47N6O4S+. The molecule has 230 valence electrons. The first-order valence-corrected chi connectivity index (χ1v) is 15.2. The fraction of sp³-hybridized carbons (Fsp3) is 0.613. The summed E-state index contributed by atoms with van der Waals surface area (Å²) < 4.78 is 24.3. The minimum atomic E-state index is -0.128. The molecule has 0 saturated heterocycles. The molecule has 1 heterocycles. The van der Waals surface area contributed by atoms with Crippen LogP contribution in [0, 0.1) is 36.5 Å². The predicted octanol–water partition coefficient (Wildman–Crippen LogP) is 5.90. The van der Waals surface area contributed by atoms with Gasteiger partial charge in [-0.3, -0.25) is 0 Å². The molecule has 0 N–H and O–H groups in total. The number of rotatable bonds is 19. The topological polar surface area (TPSA) is 112 Å². The number of nitriles is 2. The Kier molecular flexibility index (Phi) is 15.1. The van der Waals surface area contributed by atoms with Crippen LogP contribution in [0.25, 0.3) is 0 Å². The van der Waals surface area contributed by atoms with Gasteiger partial charge in [0.05, 0.1) is 84.2 Å².